The molecule has 0 bridgehead atoms. The standard InChI is InChI=1S/C88H176N2O42/c1-87(91)3-8-94-12-16-98-21-23-101-25-27-103-29-31-105-33-35-107-37-39-109-41-43-111-45-47-113-49-51-115-53-55-117-57-59-119-61-63-121-65-67-123-69-71-125-73-75-127-77-79-129-81-83-131-85-86-132-84-82-130-80-78-128-76-74-126-72-70-124-68-66-122-64-62-120-60-58-118-56-54-116-52-50-114-48-46-112-44-42-110-40-38-108-36-34-106-32-30-104-28-26-102-24-22-100-18-14-96-10-6-90-88(92)4-9-95-13-17-99-20-19-97-15-11-93-7-2-5-89/h2-86,89H2,1H3,(H,90,92). The van der Waals surface area contributed by atoms with Crippen LogP contribution in [0.2, 0.25) is 0 Å². The predicted octanol–water partition coefficient (Wildman–Crippen LogP) is 0.485. The van der Waals surface area contributed by atoms with Crippen molar-refractivity contribution in [3.63, 3.8) is 0 Å². The minimum Gasteiger partial charge on any atom is -0.379 e. The van der Waals surface area contributed by atoms with Crippen molar-refractivity contribution in [1.82, 2.24) is 5.32 Å². The lowest BCUT2D eigenvalue weighted by atomic mass is 10.3. The van der Waals surface area contributed by atoms with E-state index in [1.165, 1.54) is 0 Å². The van der Waals surface area contributed by atoms with Crippen molar-refractivity contribution in [2.45, 2.75) is 26.2 Å². The number of carbonyl (C=O) groups excluding carboxylic acids is 2. The lowest BCUT2D eigenvalue weighted by Gasteiger charge is -2.09. The molecule has 3 N–H and O–H groups in total. The van der Waals surface area contributed by atoms with Crippen LogP contribution in [0.15, 0.2) is 0 Å². The molecule has 0 rings (SSSR count). The van der Waals surface area contributed by atoms with Gasteiger partial charge in [-0.25, -0.2) is 0 Å². The highest BCUT2D eigenvalue weighted by atomic mass is 16.6. The fourth-order valence-corrected chi connectivity index (χ4v) is 9.48. The third-order valence-corrected chi connectivity index (χ3v) is 16.3. The van der Waals surface area contributed by atoms with Crippen molar-refractivity contribution in [1.29, 1.82) is 0 Å². The van der Waals surface area contributed by atoms with Gasteiger partial charge in [0.25, 0.3) is 0 Å². The van der Waals surface area contributed by atoms with Gasteiger partial charge in [-0.15, -0.1) is 0 Å². The van der Waals surface area contributed by atoms with E-state index in [0.717, 1.165) is 6.42 Å². The smallest absolute Gasteiger partial charge is 0.222 e. The molecule has 44 nitrogen and oxygen atoms in total. The summed E-state index contributed by atoms with van der Waals surface area (Å²) in [5, 5.41) is 2.80. The molecule has 0 aromatic carbocycles. The van der Waals surface area contributed by atoms with E-state index in [4.69, 9.17) is 195 Å². The van der Waals surface area contributed by atoms with Crippen LogP contribution in [-0.4, -0.2) is 553 Å². The topological polar surface area (TPSA) is 441 Å². The molecule has 0 aliphatic heterocycles. The predicted molar refractivity (Wildman–Crippen MR) is 479 cm³/mol. The monoisotopic (exact) mass is 1930 g/mol. The normalized spacial score (nSPS) is 11.8. The second-order valence-electron chi connectivity index (χ2n) is 27.2. The molecular weight excluding hydrogens is 1760 g/mol. The zero-order valence-corrected chi connectivity index (χ0v) is 80.3. The molecule has 0 saturated heterocycles. The van der Waals surface area contributed by atoms with Gasteiger partial charge in [0.15, 0.2) is 0 Å². The third kappa shape index (κ3) is 126. The molecule has 0 atom stereocenters. The number of nitrogens with two attached hydrogens (primary N) is 1. The van der Waals surface area contributed by atoms with E-state index in [1.54, 1.807) is 6.92 Å². The van der Waals surface area contributed by atoms with Crippen molar-refractivity contribution in [3.8, 4) is 0 Å². The van der Waals surface area contributed by atoms with E-state index >= 15 is 0 Å². The van der Waals surface area contributed by atoms with Crippen LogP contribution in [-0.2, 0) is 199 Å². The Balaban J connectivity index is 3.12. The van der Waals surface area contributed by atoms with Crippen molar-refractivity contribution < 1.29 is 199 Å². The van der Waals surface area contributed by atoms with Gasteiger partial charge in [0, 0.05) is 26.0 Å². The van der Waals surface area contributed by atoms with Gasteiger partial charge in [0.2, 0.25) is 5.91 Å². The summed E-state index contributed by atoms with van der Waals surface area (Å²) in [6.07, 6.45) is 1.55. The van der Waals surface area contributed by atoms with Crippen LogP contribution in [0.1, 0.15) is 26.2 Å². The van der Waals surface area contributed by atoms with Gasteiger partial charge < -0.3 is 201 Å². The van der Waals surface area contributed by atoms with Gasteiger partial charge in [-0.2, -0.15) is 0 Å². The maximum atomic E-state index is 11.9. The number of Topliss-reactive ketones (excluding diaryl/α,β-unsaturated/α-hetero) is 1. The van der Waals surface area contributed by atoms with E-state index in [9.17, 15) is 9.59 Å². The van der Waals surface area contributed by atoms with E-state index in [0.29, 0.717) is 548 Å². The molecule has 790 valence electrons. The second-order valence-corrected chi connectivity index (χ2v) is 27.2. The van der Waals surface area contributed by atoms with Gasteiger partial charge >= 0.3 is 0 Å². The fourth-order valence-electron chi connectivity index (χ4n) is 9.48. The number of ketones is 1. The summed E-state index contributed by atoms with van der Waals surface area (Å²) in [4.78, 5) is 22.8. The van der Waals surface area contributed by atoms with Crippen molar-refractivity contribution in [2.24, 2.45) is 5.73 Å². The van der Waals surface area contributed by atoms with Crippen LogP contribution in [0.4, 0.5) is 0 Å². The fraction of sp³-hybridized carbons (Fsp3) is 0.977. The first-order valence-electron chi connectivity index (χ1n) is 47.2. The minimum atomic E-state index is -0.0943. The van der Waals surface area contributed by atoms with Gasteiger partial charge in [-0.05, 0) is 19.9 Å². The second kappa shape index (κ2) is 125. The number of nitrogens with one attached hydrogen (secondary N) is 1. The average molecular weight is 1930 g/mol. The summed E-state index contributed by atoms with van der Waals surface area (Å²) in [6.45, 7) is 40.3. The molecule has 0 fully saturated rings. The van der Waals surface area contributed by atoms with Crippen LogP contribution < -0.4 is 11.1 Å². The highest BCUT2D eigenvalue weighted by Gasteiger charge is 2.07. The van der Waals surface area contributed by atoms with Gasteiger partial charge in [0.05, 0.1) is 522 Å². The molecule has 0 radical (unpaired) electrons. The summed E-state index contributed by atoms with van der Waals surface area (Å²) in [7, 11) is 0. The Labute approximate surface area is 786 Å². The Kier molecular flexibility index (Phi) is 122. The lowest BCUT2D eigenvalue weighted by molar-refractivity contribution is -0.122. The summed E-state index contributed by atoms with van der Waals surface area (Å²) >= 11 is 0. The first-order valence-corrected chi connectivity index (χ1v) is 47.2. The number of ether oxygens (including phenoxy) is 40. The first-order chi connectivity index (χ1) is 65.7. The van der Waals surface area contributed by atoms with Crippen molar-refractivity contribution in [3.05, 3.63) is 0 Å². The van der Waals surface area contributed by atoms with Gasteiger partial charge in [-0.1, -0.05) is 0 Å². The number of carbonyl (C=O) groups is 2. The number of amides is 1. The Bertz CT molecular complexity index is 2040. The SMILES string of the molecule is CC(=O)CCOCCOCCOCCOCCOCCOCCOCCOCCOCCOCCOCCOCCOCCOCCOCCOCCOCCOCCOCCOCCOCCOCCOCCOCCOCCOCCOCCOCCOCCOCCOCCOCCOCCOCCOCCOCCNC(=O)CCOCCOCCOCCOCCCN. The molecule has 0 saturated carbocycles. The first kappa shape index (κ1) is 130. The Morgan fingerprint density at radius 2 is 0.242 bits per heavy atom. The van der Waals surface area contributed by atoms with E-state index in [1.807, 2.05) is 0 Å². The molecule has 0 aromatic heterocycles. The largest absolute Gasteiger partial charge is 0.379 e. The van der Waals surface area contributed by atoms with Crippen LogP contribution in [0.3, 0.4) is 0 Å². The average Bonchev–Trinajstić information content (AvgIpc) is 1.04. The van der Waals surface area contributed by atoms with E-state index in [2.05, 4.69) is 5.32 Å². The number of hydrogen-bond donors (Lipinski definition) is 2. The minimum absolute atomic E-state index is 0.0943. The van der Waals surface area contributed by atoms with E-state index < -0.39 is 0 Å². The van der Waals surface area contributed by atoms with Crippen LogP contribution in [0.25, 0.3) is 0 Å². The van der Waals surface area contributed by atoms with Crippen LogP contribution in [0, 0.1) is 0 Å². The van der Waals surface area contributed by atoms with Crippen LogP contribution in [0.5, 0.6) is 0 Å². The Morgan fingerprint density at radius 3 is 0.356 bits per heavy atom. The quantitative estimate of drug-likeness (QED) is 0.0782. The molecule has 1 amide bonds. The summed E-state index contributed by atoms with van der Waals surface area (Å²) in [5.74, 6) is 0.0233. The Morgan fingerprint density at radius 1 is 0.144 bits per heavy atom. The molecule has 0 aliphatic carbocycles. The molecular formula is C88H176N2O42. The molecule has 44 heteroatoms. The highest BCUT2D eigenvalue weighted by Crippen LogP contribution is 1.97. The lowest BCUT2D eigenvalue weighted by Crippen LogP contribution is -2.28. The van der Waals surface area contributed by atoms with Crippen molar-refractivity contribution in [2.75, 3.05) is 542 Å². The van der Waals surface area contributed by atoms with Crippen LogP contribution >= 0.6 is 0 Å². The third-order valence-electron chi connectivity index (χ3n) is 16.3. The maximum absolute atomic E-state index is 11.9. The maximum Gasteiger partial charge on any atom is 0.222 e. The van der Waals surface area contributed by atoms with Gasteiger partial charge in [-0.3, -0.25) is 9.59 Å². The summed E-state index contributed by atoms with van der Waals surface area (Å²) in [6, 6.07) is 0. The number of rotatable bonds is 126. The molecule has 0 aliphatic rings. The molecule has 0 aromatic rings. The molecule has 0 spiro atoms. The summed E-state index contributed by atoms with van der Waals surface area (Å²) in [5.41, 5.74) is 5.41. The van der Waals surface area contributed by atoms with E-state index in [-0.39, 0.29) is 18.1 Å². The van der Waals surface area contributed by atoms with Gasteiger partial charge in [0.1, 0.15) is 5.78 Å². The molecule has 0 heterocycles. The van der Waals surface area contributed by atoms with Crippen molar-refractivity contribution >= 4 is 11.7 Å². The number of hydrogen-bond acceptors (Lipinski definition) is 43. The summed E-state index contributed by atoms with van der Waals surface area (Å²) < 4.78 is 220. The zero-order chi connectivity index (χ0) is 94.3. The molecule has 132 heavy (non-hydrogen) atoms. The zero-order valence-electron chi connectivity index (χ0n) is 80.3. The molecule has 0 unspecified atom stereocenters. The highest BCUT2D eigenvalue weighted by molar-refractivity contribution is 5.76. The Hall–Kier alpha value is -2.50.